The number of nitrogens with two attached hydrogens (primary N) is 1. The smallest absolute Gasteiger partial charge is 0.0671 e. The summed E-state index contributed by atoms with van der Waals surface area (Å²) in [5.41, 5.74) is 25.3. The maximum absolute atomic E-state index is 6.74. The van der Waals surface area contributed by atoms with Crippen LogP contribution in [0.2, 0.25) is 0 Å². The minimum Gasteiger partial charge on any atom is -0.398 e. The Balaban J connectivity index is 0.976. The molecule has 4 nitrogen and oxygen atoms in total. The predicted octanol–water partition coefficient (Wildman–Crippen LogP) is 15.9. The van der Waals surface area contributed by atoms with Gasteiger partial charge in [0.2, 0.25) is 0 Å². The molecule has 4 heteroatoms. The van der Waals surface area contributed by atoms with Gasteiger partial charge < -0.3 is 14.9 Å². The summed E-state index contributed by atoms with van der Waals surface area (Å²) >= 11 is 0. The lowest BCUT2D eigenvalue weighted by Crippen LogP contribution is -2.05. The molecule has 12 aromatic rings. The van der Waals surface area contributed by atoms with Crippen molar-refractivity contribution in [1.29, 1.82) is 0 Å². The molecule has 2 heterocycles. The molecular formula is C64H46N4. The second-order valence-electron chi connectivity index (χ2n) is 17.4. The Bertz CT molecular complexity index is 3860. The van der Waals surface area contributed by atoms with Gasteiger partial charge in [0.1, 0.15) is 0 Å². The molecule has 0 radical (unpaired) electrons. The van der Waals surface area contributed by atoms with Gasteiger partial charge in [-0.05, 0) is 123 Å². The first-order chi connectivity index (χ1) is 33.6. The van der Waals surface area contributed by atoms with Gasteiger partial charge >= 0.3 is 0 Å². The zero-order valence-electron chi connectivity index (χ0n) is 37.4. The van der Waals surface area contributed by atoms with Gasteiger partial charge in [-0.2, -0.15) is 0 Å². The maximum atomic E-state index is 6.74. The Hall–Kier alpha value is -8.99. The Kier molecular flexibility index (Phi) is 10.4. The summed E-state index contributed by atoms with van der Waals surface area (Å²) in [6, 6.07) is 88.9. The molecule has 10 aromatic carbocycles. The summed E-state index contributed by atoms with van der Waals surface area (Å²) in [5.74, 6) is 0. The summed E-state index contributed by atoms with van der Waals surface area (Å²) in [4.78, 5) is 5.15. The molecule has 2 aromatic heterocycles. The first kappa shape index (κ1) is 40.5. The summed E-state index contributed by atoms with van der Waals surface area (Å²) in [6.45, 7) is 0.545. The second kappa shape index (κ2) is 17.4. The standard InChI is InChI=1S/C64H46N4/c65-59(46-21-9-3-10-22-46)42-60(66-43-44-17-5-1-6-18-44)52-25-15-23-47(37-52)48-24-16-28-54(38-48)68-63-34-31-49(45-19-7-2-8-20-45)39-57(63)58-41-51(33-36-64(58)68)50-32-35-62-56(40-50)55-29-13-14-30-61(55)67(62)53-26-11-4-12-27-53/h1-42H,43,65H2/b59-42-,66-60?. The van der Waals surface area contributed by atoms with E-state index in [0.29, 0.717) is 12.2 Å². The van der Waals surface area contributed by atoms with Crippen LogP contribution < -0.4 is 5.73 Å². The molecular weight excluding hydrogens is 825 g/mol. The third kappa shape index (κ3) is 7.54. The highest BCUT2D eigenvalue weighted by Crippen LogP contribution is 2.40. The molecule has 0 saturated carbocycles. The molecule has 0 amide bonds. The number of allylic oxidation sites excluding steroid dienone is 1. The monoisotopic (exact) mass is 870 g/mol. The van der Waals surface area contributed by atoms with Gasteiger partial charge in [0, 0.05) is 44.2 Å². The summed E-state index contributed by atoms with van der Waals surface area (Å²) in [7, 11) is 0. The number of hydrogen-bond donors (Lipinski definition) is 1. The zero-order chi connectivity index (χ0) is 45.4. The molecule has 0 unspecified atom stereocenters. The molecule has 2 N–H and O–H groups in total. The maximum Gasteiger partial charge on any atom is 0.0671 e. The van der Waals surface area contributed by atoms with Crippen LogP contribution in [0, 0.1) is 0 Å². The van der Waals surface area contributed by atoms with E-state index in [4.69, 9.17) is 10.7 Å². The van der Waals surface area contributed by atoms with Crippen molar-refractivity contribution >= 4 is 55.0 Å². The van der Waals surface area contributed by atoms with Crippen molar-refractivity contribution in [1.82, 2.24) is 9.13 Å². The lowest BCUT2D eigenvalue weighted by atomic mass is 9.99. The normalized spacial score (nSPS) is 12.1. The van der Waals surface area contributed by atoms with E-state index in [1.807, 2.05) is 42.5 Å². The van der Waals surface area contributed by atoms with E-state index >= 15 is 0 Å². The minimum absolute atomic E-state index is 0.545. The van der Waals surface area contributed by atoms with Crippen LogP contribution in [-0.4, -0.2) is 14.8 Å². The quantitative estimate of drug-likeness (QED) is 0.137. The first-order valence-electron chi connectivity index (χ1n) is 23.2. The highest BCUT2D eigenvalue weighted by molar-refractivity contribution is 6.14. The lowest BCUT2D eigenvalue weighted by molar-refractivity contribution is 1.07. The number of rotatable bonds is 10. The molecule has 0 bridgehead atoms. The van der Waals surface area contributed by atoms with Crippen molar-refractivity contribution in [2.45, 2.75) is 6.54 Å². The summed E-state index contributed by atoms with van der Waals surface area (Å²) in [6.07, 6.45) is 2.00. The third-order valence-corrected chi connectivity index (χ3v) is 13.2. The van der Waals surface area contributed by atoms with Crippen molar-refractivity contribution in [2.75, 3.05) is 0 Å². The van der Waals surface area contributed by atoms with Crippen LogP contribution in [0.25, 0.3) is 94.1 Å². The molecule has 0 atom stereocenters. The van der Waals surface area contributed by atoms with Gasteiger partial charge in [-0.15, -0.1) is 0 Å². The van der Waals surface area contributed by atoms with E-state index in [1.54, 1.807) is 0 Å². The van der Waals surface area contributed by atoms with Crippen molar-refractivity contribution in [3.63, 3.8) is 0 Å². The van der Waals surface area contributed by atoms with Gasteiger partial charge in [0.05, 0.1) is 34.3 Å². The molecule has 0 spiro atoms. The van der Waals surface area contributed by atoms with E-state index in [2.05, 4.69) is 221 Å². The number of aromatic nitrogens is 2. The number of nitrogens with zero attached hydrogens (tertiary/aromatic N) is 3. The van der Waals surface area contributed by atoms with Crippen LogP contribution in [0.5, 0.6) is 0 Å². The van der Waals surface area contributed by atoms with Crippen molar-refractivity contribution in [3.8, 4) is 44.8 Å². The first-order valence-corrected chi connectivity index (χ1v) is 23.2. The van der Waals surface area contributed by atoms with E-state index < -0.39 is 0 Å². The number of benzene rings is 10. The number of para-hydroxylation sites is 2. The molecule has 0 saturated heterocycles. The molecule has 322 valence electrons. The molecule has 0 aliphatic rings. The minimum atomic E-state index is 0.545. The average Bonchev–Trinajstić information content (AvgIpc) is 3.92. The molecule has 0 aliphatic carbocycles. The average molecular weight is 871 g/mol. The van der Waals surface area contributed by atoms with Crippen molar-refractivity contribution in [3.05, 3.63) is 271 Å². The Morgan fingerprint density at radius 3 is 1.46 bits per heavy atom. The SMILES string of the molecule is N/C(=C\C(=NCc1ccccc1)c1cccc(-c2cccc(-n3c4ccc(-c5ccccc5)cc4c4cc(-c5ccc6c(c5)c5ccccc5n6-c5ccccc5)ccc43)c2)c1)c1ccccc1. The number of fused-ring (bicyclic) bond motifs is 6. The topological polar surface area (TPSA) is 48.2 Å². The van der Waals surface area contributed by atoms with Crippen molar-refractivity contribution < 1.29 is 0 Å². The fraction of sp³-hybridized carbons (Fsp3) is 0.0156. The largest absolute Gasteiger partial charge is 0.398 e. The van der Waals surface area contributed by atoms with Crippen LogP contribution in [-0.2, 0) is 6.54 Å². The Morgan fingerprint density at radius 2 is 0.794 bits per heavy atom. The summed E-state index contributed by atoms with van der Waals surface area (Å²) in [5, 5.41) is 4.89. The van der Waals surface area contributed by atoms with Crippen LogP contribution in [0.4, 0.5) is 0 Å². The Labute approximate surface area is 395 Å². The lowest BCUT2D eigenvalue weighted by Gasteiger charge is -2.12. The van der Waals surface area contributed by atoms with E-state index in [9.17, 15) is 0 Å². The summed E-state index contributed by atoms with van der Waals surface area (Å²) < 4.78 is 4.79. The fourth-order valence-electron chi connectivity index (χ4n) is 9.82. The predicted molar refractivity (Wildman–Crippen MR) is 287 cm³/mol. The van der Waals surface area contributed by atoms with E-state index in [0.717, 1.165) is 55.9 Å². The molecule has 12 rings (SSSR count). The number of hydrogen-bond acceptors (Lipinski definition) is 2. The van der Waals surface area contributed by atoms with Gasteiger partial charge in [-0.25, -0.2) is 0 Å². The molecule has 68 heavy (non-hydrogen) atoms. The fourth-order valence-corrected chi connectivity index (χ4v) is 9.82. The van der Waals surface area contributed by atoms with Crippen LogP contribution in [0.1, 0.15) is 16.7 Å². The van der Waals surface area contributed by atoms with Crippen molar-refractivity contribution in [2.24, 2.45) is 10.7 Å². The van der Waals surface area contributed by atoms with Crippen LogP contribution in [0.15, 0.2) is 260 Å². The number of aliphatic imine (C=N–C) groups is 1. The molecule has 0 fully saturated rings. The van der Waals surface area contributed by atoms with Crippen LogP contribution in [0.3, 0.4) is 0 Å². The second-order valence-corrected chi connectivity index (χ2v) is 17.4. The van der Waals surface area contributed by atoms with Gasteiger partial charge in [0.15, 0.2) is 0 Å². The van der Waals surface area contributed by atoms with Crippen LogP contribution >= 0.6 is 0 Å². The van der Waals surface area contributed by atoms with Gasteiger partial charge in [0.25, 0.3) is 0 Å². The highest BCUT2D eigenvalue weighted by Gasteiger charge is 2.18. The third-order valence-electron chi connectivity index (χ3n) is 13.2. The van der Waals surface area contributed by atoms with Gasteiger partial charge in [-0.3, -0.25) is 4.99 Å². The van der Waals surface area contributed by atoms with E-state index in [1.165, 1.54) is 54.8 Å². The zero-order valence-corrected chi connectivity index (χ0v) is 37.4. The highest BCUT2D eigenvalue weighted by atomic mass is 15.0. The van der Waals surface area contributed by atoms with E-state index in [-0.39, 0.29) is 0 Å². The Morgan fingerprint density at radius 1 is 0.353 bits per heavy atom. The van der Waals surface area contributed by atoms with Gasteiger partial charge in [-0.1, -0.05) is 176 Å². The molecule has 0 aliphatic heterocycles.